The lowest BCUT2D eigenvalue weighted by atomic mass is 10.2. The number of fused-ring (bicyclic) bond motifs is 1. The number of ether oxygens (including phenoxy) is 1. The third-order valence-electron chi connectivity index (χ3n) is 3.68. The van der Waals surface area contributed by atoms with Gasteiger partial charge in [0, 0.05) is 33.1 Å². The van der Waals surface area contributed by atoms with Gasteiger partial charge in [-0.2, -0.15) is 0 Å². The average Bonchev–Trinajstić information content (AvgIpc) is 2.76. The van der Waals surface area contributed by atoms with Gasteiger partial charge in [-0.3, -0.25) is 0 Å². The van der Waals surface area contributed by atoms with E-state index in [1.807, 2.05) is 16.8 Å². The van der Waals surface area contributed by atoms with E-state index in [9.17, 15) is 0 Å². The Morgan fingerprint density at radius 3 is 2.62 bits per heavy atom. The van der Waals surface area contributed by atoms with Gasteiger partial charge in [-0.05, 0) is 18.0 Å². The highest BCUT2D eigenvalue weighted by Gasteiger charge is 2.16. The van der Waals surface area contributed by atoms with Gasteiger partial charge >= 0.3 is 0 Å². The van der Waals surface area contributed by atoms with E-state index >= 15 is 0 Å². The van der Waals surface area contributed by atoms with Crippen molar-refractivity contribution in [2.24, 2.45) is 5.92 Å². The summed E-state index contributed by atoms with van der Waals surface area (Å²) in [5.74, 6) is 0.526. The third-order valence-corrected chi connectivity index (χ3v) is 5.86. The lowest BCUT2D eigenvalue weighted by Crippen LogP contribution is -2.22. The Balaban J connectivity index is 2.20. The zero-order chi connectivity index (χ0) is 17.9. The van der Waals surface area contributed by atoms with Crippen LogP contribution in [0.25, 0.3) is 11.0 Å². The maximum Gasteiger partial charge on any atom is 0.147 e. The van der Waals surface area contributed by atoms with Gasteiger partial charge in [-0.15, -0.1) is 0 Å². The number of hydrogen-bond acceptors (Lipinski definition) is 3. The summed E-state index contributed by atoms with van der Waals surface area (Å²) in [5.41, 5.74) is 1.68. The second-order valence-electron chi connectivity index (χ2n) is 7.76. The number of aromatic nitrogens is 2. The number of hydrogen-bond donors (Lipinski definition) is 1. The first kappa shape index (κ1) is 19.6. The molecule has 2 aromatic heterocycles. The Bertz CT molecular complexity index is 695. The predicted octanol–water partition coefficient (Wildman–Crippen LogP) is 5.72. The minimum atomic E-state index is -1.09. The fraction of sp³-hybridized carbons (Fsp3) is 0.588. The number of nitrogens with one attached hydrogen (secondary N) is 1. The van der Waals surface area contributed by atoms with Crippen LogP contribution in [0.15, 0.2) is 12.3 Å². The van der Waals surface area contributed by atoms with E-state index in [1.54, 1.807) is 0 Å². The molecular weight excluding hydrogens is 361 g/mol. The first-order chi connectivity index (χ1) is 11.2. The van der Waals surface area contributed by atoms with Crippen LogP contribution in [0.3, 0.4) is 0 Å². The first-order valence-corrected chi connectivity index (χ1v) is 12.8. The molecule has 2 heterocycles. The molecule has 0 bridgehead atoms. The number of pyridine rings is 1. The van der Waals surface area contributed by atoms with Gasteiger partial charge in [0.15, 0.2) is 0 Å². The van der Waals surface area contributed by atoms with Gasteiger partial charge in [0.1, 0.15) is 17.5 Å². The molecule has 0 atom stereocenters. The fourth-order valence-electron chi connectivity index (χ4n) is 2.30. The Kier molecular flexibility index (Phi) is 6.59. The summed E-state index contributed by atoms with van der Waals surface area (Å²) in [4.78, 5) is 4.44. The molecule has 0 aromatic carbocycles. The van der Waals surface area contributed by atoms with E-state index in [2.05, 4.69) is 43.8 Å². The van der Waals surface area contributed by atoms with E-state index in [4.69, 9.17) is 27.9 Å². The summed E-state index contributed by atoms with van der Waals surface area (Å²) in [7, 11) is -1.09. The Morgan fingerprint density at radius 2 is 2.00 bits per heavy atom. The molecule has 0 fully saturated rings. The van der Waals surface area contributed by atoms with Crippen LogP contribution in [-0.4, -0.2) is 30.8 Å². The SMILES string of the molecule is CC(C)CNc1cc(Cl)nc2c1c(Cl)cn2COCC[Si](C)(C)C. The van der Waals surface area contributed by atoms with Crippen LogP contribution in [0.4, 0.5) is 5.69 Å². The van der Waals surface area contributed by atoms with Crippen LogP contribution < -0.4 is 5.32 Å². The van der Waals surface area contributed by atoms with E-state index in [1.165, 1.54) is 0 Å². The van der Waals surface area contributed by atoms with E-state index in [-0.39, 0.29) is 0 Å². The van der Waals surface area contributed by atoms with Gasteiger partial charge < -0.3 is 14.6 Å². The van der Waals surface area contributed by atoms with E-state index < -0.39 is 8.07 Å². The number of anilines is 1. The summed E-state index contributed by atoms with van der Waals surface area (Å²) >= 11 is 12.6. The van der Waals surface area contributed by atoms with Crippen molar-refractivity contribution >= 4 is 48.0 Å². The van der Waals surface area contributed by atoms with Crippen LogP contribution in [0, 0.1) is 5.92 Å². The largest absolute Gasteiger partial charge is 0.384 e. The molecule has 4 nitrogen and oxygen atoms in total. The monoisotopic (exact) mass is 387 g/mol. The molecule has 0 saturated carbocycles. The van der Waals surface area contributed by atoms with Gasteiger partial charge in [0.25, 0.3) is 0 Å². The number of nitrogens with zero attached hydrogens (tertiary/aromatic N) is 2. The lowest BCUT2D eigenvalue weighted by Gasteiger charge is -2.15. The minimum absolute atomic E-state index is 0.435. The van der Waals surface area contributed by atoms with Crippen LogP contribution >= 0.6 is 23.2 Å². The maximum absolute atomic E-state index is 6.44. The summed E-state index contributed by atoms with van der Waals surface area (Å²) in [6, 6.07) is 2.96. The van der Waals surface area contributed by atoms with Crippen LogP contribution in [0.5, 0.6) is 0 Å². The number of halogens is 2. The molecule has 0 spiro atoms. The molecule has 0 amide bonds. The topological polar surface area (TPSA) is 39.1 Å². The summed E-state index contributed by atoms with van der Waals surface area (Å²) in [6.45, 7) is 13.4. The molecule has 24 heavy (non-hydrogen) atoms. The standard InChI is InChI=1S/C17H27Cl2N3OSi/c1-12(2)9-20-14-8-15(19)21-17-16(14)13(18)10-22(17)11-23-6-7-24(3,4)5/h8,10,12H,6-7,9,11H2,1-5H3,(H,20,21). The van der Waals surface area contributed by atoms with Crippen molar-refractivity contribution in [3.63, 3.8) is 0 Å². The van der Waals surface area contributed by atoms with Gasteiger partial charge in [0.2, 0.25) is 0 Å². The van der Waals surface area contributed by atoms with Crippen molar-refractivity contribution in [1.82, 2.24) is 9.55 Å². The van der Waals surface area contributed by atoms with Crippen molar-refractivity contribution < 1.29 is 4.74 Å². The third kappa shape index (κ3) is 5.38. The second kappa shape index (κ2) is 8.08. The van der Waals surface area contributed by atoms with E-state index in [0.717, 1.165) is 35.9 Å². The summed E-state index contributed by atoms with van der Waals surface area (Å²) in [6.07, 6.45) is 1.87. The van der Waals surface area contributed by atoms with Crippen molar-refractivity contribution in [3.05, 3.63) is 22.4 Å². The van der Waals surface area contributed by atoms with Crippen molar-refractivity contribution in [2.75, 3.05) is 18.5 Å². The molecule has 0 unspecified atom stereocenters. The summed E-state index contributed by atoms with van der Waals surface area (Å²) < 4.78 is 7.76. The van der Waals surface area contributed by atoms with Crippen molar-refractivity contribution in [2.45, 2.75) is 46.3 Å². The minimum Gasteiger partial charge on any atom is -0.384 e. The number of rotatable bonds is 8. The molecule has 134 valence electrons. The quantitative estimate of drug-likeness (QED) is 0.357. The molecule has 0 aliphatic rings. The lowest BCUT2D eigenvalue weighted by molar-refractivity contribution is 0.0899. The normalized spacial score (nSPS) is 12.3. The van der Waals surface area contributed by atoms with Crippen molar-refractivity contribution in [1.29, 1.82) is 0 Å². The average molecular weight is 388 g/mol. The highest BCUT2D eigenvalue weighted by Crippen LogP contribution is 2.33. The molecule has 2 rings (SSSR count). The molecule has 0 radical (unpaired) electrons. The Labute approximate surface area is 155 Å². The maximum atomic E-state index is 6.44. The van der Waals surface area contributed by atoms with E-state index in [0.29, 0.717) is 22.8 Å². The molecule has 1 N–H and O–H groups in total. The zero-order valence-corrected chi connectivity index (χ0v) is 17.6. The van der Waals surface area contributed by atoms with Gasteiger partial charge in [-0.25, -0.2) is 4.98 Å². The van der Waals surface area contributed by atoms with Crippen LogP contribution in [0.2, 0.25) is 35.9 Å². The fourth-order valence-corrected chi connectivity index (χ4v) is 3.55. The Morgan fingerprint density at radius 1 is 1.29 bits per heavy atom. The van der Waals surface area contributed by atoms with Crippen LogP contribution in [0.1, 0.15) is 13.8 Å². The van der Waals surface area contributed by atoms with Gasteiger partial charge in [-0.1, -0.05) is 56.7 Å². The molecule has 0 saturated heterocycles. The molecule has 7 heteroatoms. The highest BCUT2D eigenvalue weighted by molar-refractivity contribution is 6.76. The molecule has 0 aliphatic heterocycles. The summed E-state index contributed by atoms with van der Waals surface area (Å²) in [5, 5.41) is 5.42. The van der Waals surface area contributed by atoms with Crippen molar-refractivity contribution in [3.8, 4) is 0 Å². The zero-order valence-electron chi connectivity index (χ0n) is 15.1. The highest BCUT2D eigenvalue weighted by atomic mass is 35.5. The Hall–Kier alpha value is -0.753. The second-order valence-corrected chi connectivity index (χ2v) is 14.2. The predicted molar refractivity (Wildman–Crippen MR) is 107 cm³/mol. The van der Waals surface area contributed by atoms with Crippen LogP contribution in [-0.2, 0) is 11.5 Å². The molecule has 0 aliphatic carbocycles. The molecular formula is C17H27Cl2N3OSi. The smallest absolute Gasteiger partial charge is 0.147 e. The first-order valence-electron chi connectivity index (χ1n) is 8.34. The molecule has 2 aromatic rings. The van der Waals surface area contributed by atoms with Gasteiger partial charge in [0.05, 0.1) is 10.4 Å².